The quantitative estimate of drug-likeness (QED) is 0.641. The summed E-state index contributed by atoms with van der Waals surface area (Å²) in [4.78, 5) is 21.3. The van der Waals surface area contributed by atoms with Crippen LogP contribution in [-0.4, -0.2) is 53.3 Å². The normalized spacial score (nSPS) is 14.7. The van der Waals surface area contributed by atoms with E-state index in [0.717, 1.165) is 34.9 Å². The van der Waals surface area contributed by atoms with Crippen molar-refractivity contribution in [2.24, 2.45) is 0 Å². The van der Waals surface area contributed by atoms with Crippen LogP contribution in [0.5, 0.6) is 0 Å². The molecule has 2 heterocycles. The van der Waals surface area contributed by atoms with E-state index in [0.29, 0.717) is 17.8 Å². The average Bonchev–Trinajstić information content (AvgIpc) is 3.26. The van der Waals surface area contributed by atoms with E-state index >= 15 is 0 Å². The minimum atomic E-state index is -0.598. The van der Waals surface area contributed by atoms with Crippen LogP contribution < -0.4 is 4.90 Å². The summed E-state index contributed by atoms with van der Waals surface area (Å²) in [6.45, 7) is 4.73. The third-order valence-electron chi connectivity index (χ3n) is 5.78. The highest BCUT2D eigenvalue weighted by atomic mass is 16.2. The van der Waals surface area contributed by atoms with Gasteiger partial charge >= 0.3 is 0 Å². The molecule has 0 unspecified atom stereocenters. The Hall–Kier alpha value is -3.50. The molecule has 0 atom stereocenters. The standard InChI is InChI=1S/C24H26N6O/c1-24(2)19-14-17(9-10-20(19)29(5)23(24)31)22-26-21(11-12-28(3)4)27-30(22)18-8-6-7-16(13-18)15-25/h6-10,13-14H,11-12H2,1-5H3. The monoisotopic (exact) mass is 414 g/mol. The number of rotatable bonds is 5. The van der Waals surface area contributed by atoms with Crippen LogP contribution in [0.25, 0.3) is 17.1 Å². The smallest absolute Gasteiger partial charge is 0.236 e. The first-order valence-electron chi connectivity index (χ1n) is 10.3. The van der Waals surface area contributed by atoms with Crippen LogP contribution >= 0.6 is 0 Å². The van der Waals surface area contributed by atoms with Crippen molar-refractivity contribution in [2.45, 2.75) is 25.7 Å². The van der Waals surface area contributed by atoms with Gasteiger partial charge in [0.25, 0.3) is 0 Å². The fraction of sp³-hybridized carbons (Fsp3) is 0.333. The van der Waals surface area contributed by atoms with E-state index in [1.54, 1.807) is 15.6 Å². The maximum absolute atomic E-state index is 12.7. The summed E-state index contributed by atoms with van der Waals surface area (Å²) in [6, 6.07) is 15.5. The lowest BCUT2D eigenvalue weighted by molar-refractivity contribution is -0.121. The fourth-order valence-electron chi connectivity index (χ4n) is 3.97. The Morgan fingerprint density at radius 3 is 2.65 bits per heavy atom. The van der Waals surface area contributed by atoms with Crippen molar-refractivity contribution in [1.82, 2.24) is 19.7 Å². The Balaban J connectivity index is 1.85. The second-order valence-corrected chi connectivity index (χ2v) is 8.70. The number of aromatic nitrogens is 3. The molecule has 1 aliphatic rings. The zero-order chi connectivity index (χ0) is 22.3. The van der Waals surface area contributed by atoms with E-state index in [2.05, 4.69) is 11.0 Å². The van der Waals surface area contributed by atoms with E-state index in [9.17, 15) is 10.1 Å². The van der Waals surface area contributed by atoms with Gasteiger partial charge in [-0.1, -0.05) is 6.07 Å². The molecule has 0 saturated heterocycles. The van der Waals surface area contributed by atoms with Gasteiger partial charge in [0.05, 0.1) is 22.7 Å². The maximum atomic E-state index is 12.7. The second kappa shape index (κ2) is 7.64. The zero-order valence-electron chi connectivity index (χ0n) is 18.5. The highest BCUT2D eigenvalue weighted by molar-refractivity contribution is 6.07. The molecule has 2 aromatic carbocycles. The van der Waals surface area contributed by atoms with Crippen LogP contribution in [-0.2, 0) is 16.6 Å². The highest BCUT2D eigenvalue weighted by Gasteiger charge is 2.42. The lowest BCUT2D eigenvalue weighted by Gasteiger charge is -2.16. The summed E-state index contributed by atoms with van der Waals surface area (Å²) in [6.07, 6.45) is 0.711. The minimum absolute atomic E-state index is 0.0783. The Bertz CT molecular complexity index is 1200. The van der Waals surface area contributed by atoms with E-state index in [-0.39, 0.29) is 5.91 Å². The summed E-state index contributed by atoms with van der Waals surface area (Å²) < 4.78 is 1.79. The summed E-state index contributed by atoms with van der Waals surface area (Å²) in [5.41, 5.74) is 3.54. The SMILES string of the molecule is CN(C)CCc1nc(-c2ccc3c(c2)C(C)(C)C(=O)N3C)n(-c2cccc(C#N)c2)n1. The van der Waals surface area contributed by atoms with Crippen LogP contribution in [0.4, 0.5) is 5.69 Å². The second-order valence-electron chi connectivity index (χ2n) is 8.70. The number of benzene rings is 2. The van der Waals surface area contributed by atoms with Crippen molar-refractivity contribution in [3.05, 3.63) is 59.4 Å². The number of carbonyl (C=O) groups excluding carboxylic acids is 1. The first-order valence-corrected chi connectivity index (χ1v) is 10.3. The van der Waals surface area contributed by atoms with Gasteiger partial charge in [0, 0.05) is 31.3 Å². The molecule has 7 heteroatoms. The van der Waals surface area contributed by atoms with Gasteiger partial charge in [0.1, 0.15) is 0 Å². The minimum Gasteiger partial charge on any atom is -0.314 e. The Labute approximate surface area is 182 Å². The molecular formula is C24H26N6O. The number of carbonyl (C=O) groups is 1. The van der Waals surface area contributed by atoms with Crippen LogP contribution in [0.3, 0.4) is 0 Å². The lowest BCUT2D eigenvalue weighted by atomic mass is 9.85. The number of nitriles is 1. The molecule has 3 aromatic rings. The van der Waals surface area contributed by atoms with Crippen molar-refractivity contribution < 1.29 is 4.79 Å². The third-order valence-corrected chi connectivity index (χ3v) is 5.78. The van der Waals surface area contributed by atoms with Gasteiger partial charge in [-0.2, -0.15) is 10.4 Å². The molecule has 4 rings (SSSR count). The molecule has 0 aliphatic carbocycles. The van der Waals surface area contributed by atoms with Crippen molar-refractivity contribution in [1.29, 1.82) is 5.26 Å². The summed E-state index contributed by atoms with van der Waals surface area (Å²) in [5.74, 6) is 1.51. The molecule has 1 amide bonds. The van der Waals surface area contributed by atoms with Crippen molar-refractivity contribution in [3.8, 4) is 23.1 Å². The van der Waals surface area contributed by atoms with Gasteiger partial charge in [-0.25, -0.2) is 9.67 Å². The van der Waals surface area contributed by atoms with Crippen LogP contribution in [0.15, 0.2) is 42.5 Å². The van der Waals surface area contributed by atoms with Gasteiger partial charge in [-0.3, -0.25) is 4.79 Å². The van der Waals surface area contributed by atoms with Crippen molar-refractivity contribution in [3.63, 3.8) is 0 Å². The van der Waals surface area contributed by atoms with Crippen LogP contribution in [0.1, 0.15) is 30.8 Å². The molecule has 1 aromatic heterocycles. The van der Waals surface area contributed by atoms with Gasteiger partial charge in [-0.15, -0.1) is 0 Å². The zero-order valence-corrected chi connectivity index (χ0v) is 18.5. The van der Waals surface area contributed by atoms with E-state index in [4.69, 9.17) is 10.1 Å². The largest absolute Gasteiger partial charge is 0.314 e. The number of anilines is 1. The predicted octanol–water partition coefficient (Wildman–Crippen LogP) is 3.16. The van der Waals surface area contributed by atoms with Crippen molar-refractivity contribution >= 4 is 11.6 Å². The molecular weight excluding hydrogens is 388 g/mol. The third kappa shape index (κ3) is 3.60. The predicted molar refractivity (Wildman–Crippen MR) is 120 cm³/mol. The molecule has 0 fully saturated rings. The molecule has 0 N–H and O–H groups in total. The number of amides is 1. The molecule has 0 bridgehead atoms. The van der Waals surface area contributed by atoms with E-state index < -0.39 is 5.41 Å². The topological polar surface area (TPSA) is 78.0 Å². The van der Waals surface area contributed by atoms with E-state index in [1.807, 2.05) is 71.4 Å². The number of likely N-dealkylation sites (N-methyl/N-ethyl adjacent to an activating group) is 2. The number of hydrogen-bond donors (Lipinski definition) is 0. The molecule has 1 aliphatic heterocycles. The number of fused-ring (bicyclic) bond motifs is 1. The fourth-order valence-corrected chi connectivity index (χ4v) is 3.97. The van der Waals surface area contributed by atoms with Crippen molar-refractivity contribution in [2.75, 3.05) is 32.6 Å². The Kier molecular flexibility index (Phi) is 5.11. The summed E-state index contributed by atoms with van der Waals surface area (Å²) in [5, 5.41) is 14.1. The van der Waals surface area contributed by atoms with Crippen LogP contribution in [0, 0.1) is 11.3 Å². The number of hydrogen-bond acceptors (Lipinski definition) is 5. The molecule has 0 saturated carbocycles. The average molecular weight is 415 g/mol. The van der Waals surface area contributed by atoms with Crippen LogP contribution in [0.2, 0.25) is 0 Å². The van der Waals surface area contributed by atoms with Gasteiger partial charge in [0.2, 0.25) is 5.91 Å². The highest BCUT2D eigenvalue weighted by Crippen LogP contribution is 2.42. The Morgan fingerprint density at radius 1 is 1.16 bits per heavy atom. The molecule has 158 valence electrons. The molecule has 0 radical (unpaired) electrons. The molecule has 0 spiro atoms. The summed E-state index contributed by atoms with van der Waals surface area (Å²) in [7, 11) is 5.85. The first kappa shape index (κ1) is 20.8. The van der Waals surface area contributed by atoms with E-state index in [1.165, 1.54) is 0 Å². The molecule has 7 nitrogen and oxygen atoms in total. The van der Waals surface area contributed by atoms with Gasteiger partial charge in [-0.05, 0) is 69.9 Å². The number of nitrogens with zero attached hydrogens (tertiary/aromatic N) is 6. The Morgan fingerprint density at radius 2 is 1.94 bits per heavy atom. The summed E-state index contributed by atoms with van der Waals surface area (Å²) >= 11 is 0. The lowest BCUT2D eigenvalue weighted by Crippen LogP contribution is -2.33. The molecule has 31 heavy (non-hydrogen) atoms. The maximum Gasteiger partial charge on any atom is 0.236 e. The first-order chi connectivity index (χ1) is 14.7. The van der Waals surface area contributed by atoms with Gasteiger partial charge in [0.15, 0.2) is 11.6 Å². The van der Waals surface area contributed by atoms with Gasteiger partial charge < -0.3 is 9.80 Å².